The first kappa shape index (κ1) is 23.0. The molecule has 2 N–H and O–H groups in total. The molecule has 0 saturated carbocycles. The summed E-state index contributed by atoms with van der Waals surface area (Å²) in [6.45, 7) is 14.5. The molecule has 1 aliphatic rings. The van der Waals surface area contributed by atoms with Gasteiger partial charge in [-0.1, -0.05) is 11.2 Å². The number of aryl methyl sites for hydroxylation is 1. The fourth-order valence-electron chi connectivity index (χ4n) is 3.75. The van der Waals surface area contributed by atoms with Crippen molar-refractivity contribution < 1.29 is 19.1 Å². The number of aliphatic hydroxyl groups is 1. The van der Waals surface area contributed by atoms with Crippen LogP contribution in [0.25, 0.3) is 0 Å². The van der Waals surface area contributed by atoms with Crippen molar-refractivity contribution in [3.05, 3.63) is 34.7 Å². The molecule has 1 fully saturated rings. The highest BCUT2D eigenvalue weighted by molar-refractivity contribution is 5.68. The number of aromatic nitrogens is 2. The molecule has 2 atom stereocenters. The van der Waals surface area contributed by atoms with E-state index in [1.165, 1.54) is 5.56 Å². The van der Waals surface area contributed by atoms with E-state index in [0.29, 0.717) is 6.54 Å². The zero-order valence-electron chi connectivity index (χ0n) is 19.2. The van der Waals surface area contributed by atoms with Crippen LogP contribution in [0.1, 0.15) is 56.4 Å². The van der Waals surface area contributed by atoms with Gasteiger partial charge in [-0.2, -0.15) is 0 Å². The van der Waals surface area contributed by atoms with Crippen molar-refractivity contribution in [1.29, 1.82) is 0 Å². The molecule has 9 nitrogen and oxygen atoms in total. The standard InChI is InChI=1S/C22H33N5O4/c1-13(2)30-22(29)27-8-7-26(11-15(27)4)12-18-9-14(3)10-19(16(18)5)23-21-25-24-20(31-21)17(6)28/h9-10,13,15,17,28H,7-8,11-12H2,1-6H3,(H,23,25)/t15-,17-/m0/s1. The SMILES string of the molecule is Cc1cc(CN2CCN(C(=O)OC(C)C)[C@@H](C)C2)c(C)c(Nc2nnc([C@H](C)O)o2)c1. The number of hydrogen-bond donors (Lipinski definition) is 2. The highest BCUT2D eigenvalue weighted by Crippen LogP contribution is 2.27. The van der Waals surface area contributed by atoms with Gasteiger partial charge in [-0.3, -0.25) is 4.90 Å². The molecule has 9 heteroatoms. The van der Waals surface area contributed by atoms with Crippen LogP contribution in [-0.4, -0.2) is 63.0 Å². The van der Waals surface area contributed by atoms with Gasteiger partial charge >= 0.3 is 12.1 Å². The summed E-state index contributed by atoms with van der Waals surface area (Å²) in [6, 6.07) is 4.55. The summed E-state index contributed by atoms with van der Waals surface area (Å²) >= 11 is 0. The lowest BCUT2D eigenvalue weighted by atomic mass is 10.0. The third kappa shape index (κ3) is 5.74. The number of nitrogens with one attached hydrogen (secondary N) is 1. The highest BCUT2D eigenvalue weighted by atomic mass is 16.6. The maximum Gasteiger partial charge on any atom is 0.410 e. The highest BCUT2D eigenvalue weighted by Gasteiger charge is 2.29. The van der Waals surface area contributed by atoms with Crippen molar-refractivity contribution in [2.75, 3.05) is 25.0 Å². The van der Waals surface area contributed by atoms with Crippen LogP contribution >= 0.6 is 0 Å². The molecule has 0 spiro atoms. The summed E-state index contributed by atoms with van der Waals surface area (Å²) in [5.74, 6) is 0.177. The van der Waals surface area contributed by atoms with Crippen molar-refractivity contribution in [2.45, 2.75) is 66.3 Å². The summed E-state index contributed by atoms with van der Waals surface area (Å²) in [7, 11) is 0. The zero-order valence-corrected chi connectivity index (χ0v) is 19.2. The van der Waals surface area contributed by atoms with Crippen LogP contribution in [0.4, 0.5) is 16.5 Å². The number of carbonyl (C=O) groups is 1. The number of nitrogens with zero attached hydrogens (tertiary/aromatic N) is 4. The third-order valence-electron chi connectivity index (χ3n) is 5.38. The van der Waals surface area contributed by atoms with Gasteiger partial charge < -0.3 is 24.5 Å². The van der Waals surface area contributed by atoms with Crippen LogP contribution in [0.5, 0.6) is 0 Å². The molecule has 1 amide bonds. The lowest BCUT2D eigenvalue weighted by Crippen LogP contribution is -2.54. The molecule has 1 aromatic carbocycles. The molecule has 2 heterocycles. The van der Waals surface area contributed by atoms with Gasteiger partial charge in [0, 0.05) is 37.9 Å². The third-order valence-corrected chi connectivity index (χ3v) is 5.38. The minimum Gasteiger partial charge on any atom is -0.447 e. The van der Waals surface area contributed by atoms with Crippen LogP contribution in [0.15, 0.2) is 16.5 Å². The molecule has 0 aliphatic carbocycles. The van der Waals surface area contributed by atoms with Gasteiger partial charge in [0.25, 0.3) is 0 Å². The average Bonchev–Trinajstić information content (AvgIpc) is 3.14. The number of benzene rings is 1. The first-order valence-corrected chi connectivity index (χ1v) is 10.7. The molecule has 3 rings (SSSR count). The number of aliphatic hydroxyl groups excluding tert-OH is 1. The van der Waals surface area contributed by atoms with Gasteiger partial charge in [-0.25, -0.2) is 4.79 Å². The zero-order chi connectivity index (χ0) is 22.7. The minimum atomic E-state index is -0.810. The van der Waals surface area contributed by atoms with E-state index in [4.69, 9.17) is 9.15 Å². The molecule has 0 bridgehead atoms. The Labute approximate surface area is 183 Å². The lowest BCUT2D eigenvalue weighted by Gasteiger charge is -2.39. The molecule has 1 aliphatic heterocycles. The predicted octanol–water partition coefficient (Wildman–Crippen LogP) is 3.53. The van der Waals surface area contributed by atoms with Crippen molar-refractivity contribution in [3.8, 4) is 0 Å². The number of rotatable bonds is 6. The Morgan fingerprint density at radius 3 is 2.65 bits per heavy atom. The number of ether oxygens (including phenoxy) is 1. The minimum absolute atomic E-state index is 0.0833. The van der Waals surface area contributed by atoms with Crippen molar-refractivity contribution >= 4 is 17.8 Å². The second kappa shape index (κ2) is 9.65. The first-order valence-electron chi connectivity index (χ1n) is 10.7. The topological polar surface area (TPSA) is 104 Å². The van der Waals surface area contributed by atoms with Crippen LogP contribution in [0, 0.1) is 13.8 Å². The molecule has 1 saturated heterocycles. The Bertz CT molecular complexity index is 911. The summed E-state index contributed by atoms with van der Waals surface area (Å²) in [4.78, 5) is 16.4. The molecule has 0 unspecified atom stereocenters. The maximum absolute atomic E-state index is 12.3. The van der Waals surface area contributed by atoms with E-state index in [1.807, 2.05) is 31.7 Å². The van der Waals surface area contributed by atoms with Crippen molar-refractivity contribution in [1.82, 2.24) is 20.0 Å². The second-order valence-corrected chi connectivity index (χ2v) is 8.55. The quantitative estimate of drug-likeness (QED) is 0.716. The van der Waals surface area contributed by atoms with E-state index < -0.39 is 6.10 Å². The van der Waals surface area contributed by atoms with Gasteiger partial charge in [0.2, 0.25) is 5.89 Å². The number of carbonyl (C=O) groups excluding carboxylic acids is 1. The normalized spacial score (nSPS) is 18.3. The Balaban J connectivity index is 1.69. The lowest BCUT2D eigenvalue weighted by molar-refractivity contribution is 0.0349. The predicted molar refractivity (Wildman–Crippen MR) is 117 cm³/mol. The molecule has 31 heavy (non-hydrogen) atoms. The summed E-state index contributed by atoms with van der Waals surface area (Å²) in [5.41, 5.74) is 4.30. The monoisotopic (exact) mass is 431 g/mol. The number of piperazine rings is 1. The Morgan fingerprint density at radius 2 is 2.03 bits per heavy atom. The van der Waals surface area contributed by atoms with Gasteiger partial charge in [0.15, 0.2) is 0 Å². The number of amides is 1. The number of hydrogen-bond acceptors (Lipinski definition) is 8. The molecular formula is C22H33N5O4. The van der Waals surface area contributed by atoms with Gasteiger partial charge in [0.05, 0.1) is 6.10 Å². The second-order valence-electron chi connectivity index (χ2n) is 8.55. The van der Waals surface area contributed by atoms with E-state index in [1.54, 1.807) is 6.92 Å². The molecule has 0 radical (unpaired) electrons. The Hall–Kier alpha value is -2.65. The first-order chi connectivity index (χ1) is 14.6. The molecule has 2 aromatic rings. The fourth-order valence-corrected chi connectivity index (χ4v) is 3.75. The smallest absolute Gasteiger partial charge is 0.410 e. The van der Waals surface area contributed by atoms with Crippen LogP contribution in [0.2, 0.25) is 0 Å². The van der Waals surface area contributed by atoms with Gasteiger partial charge in [0.1, 0.15) is 6.10 Å². The van der Waals surface area contributed by atoms with Gasteiger partial charge in [-0.15, -0.1) is 5.10 Å². The molecular weight excluding hydrogens is 398 g/mol. The van der Waals surface area contributed by atoms with Crippen LogP contribution in [-0.2, 0) is 11.3 Å². The largest absolute Gasteiger partial charge is 0.447 e. The summed E-state index contributed by atoms with van der Waals surface area (Å²) in [5, 5.41) is 20.6. The summed E-state index contributed by atoms with van der Waals surface area (Å²) in [6.07, 6.45) is -1.17. The Morgan fingerprint density at radius 1 is 1.29 bits per heavy atom. The summed E-state index contributed by atoms with van der Waals surface area (Å²) < 4.78 is 10.8. The van der Waals surface area contributed by atoms with Crippen molar-refractivity contribution in [2.24, 2.45) is 0 Å². The van der Waals surface area contributed by atoms with Crippen molar-refractivity contribution in [3.63, 3.8) is 0 Å². The molecule has 1 aromatic heterocycles. The van der Waals surface area contributed by atoms with Crippen LogP contribution in [0.3, 0.4) is 0 Å². The average molecular weight is 432 g/mol. The van der Waals surface area contributed by atoms with E-state index >= 15 is 0 Å². The van der Waals surface area contributed by atoms with Gasteiger partial charge in [-0.05, 0) is 64.3 Å². The van der Waals surface area contributed by atoms with E-state index in [9.17, 15) is 9.90 Å². The number of anilines is 2. The maximum atomic E-state index is 12.3. The van der Waals surface area contributed by atoms with E-state index in [-0.39, 0.29) is 30.1 Å². The van der Waals surface area contributed by atoms with Crippen LogP contribution < -0.4 is 5.32 Å². The Kier molecular flexibility index (Phi) is 7.17. The molecule has 170 valence electrons. The fraction of sp³-hybridized carbons (Fsp3) is 0.591. The van der Waals surface area contributed by atoms with E-state index in [2.05, 4.69) is 40.3 Å². The van der Waals surface area contributed by atoms with E-state index in [0.717, 1.165) is 36.4 Å².